The maximum Gasteiger partial charge on any atom is 0.260 e. The summed E-state index contributed by atoms with van der Waals surface area (Å²) in [6.07, 6.45) is 3.60. The highest BCUT2D eigenvalue weighted by Gasteiger charge is 2.33. The second-order valence-corrected chi connectivity index (χ2v) is 9.21. The van der Waals surface area contributed by atoms with E-state index in [0.29, 0.717) is 26.4 Å². The summed E-state index contributed by atoms with van der Waals surface area (Å²) in [6.45, 7) is 0. The van der Waals surface area contributed by atoms with E-state index in [2.05, 4.69) is 20.6 Å². The van der Waals surface area contributed by atoms with E-state index in [-0.39, 0.29) is 11.8 Å². The van der Waals surface area contributed by atoms with Crippen molar-refractivity contribution in [1.29, 1.82) is 0 Å². The third kappa shape index (κ3) is 3.69. The number of nitrogens with one attached hydrogen (secondary N) is 1. The molecule has 0 unspecified atom stereocenters. The Bertz CT molecular complexity index is 1200. The predicted molar refractivity (Wildman–Crippen MR) is 117 cm³/mol. The van der Waals surface area contributed by atoms with Gasteiger partial charge in [0, 0.05) is 21.9 Å². The van der Waals surface area contributed by atoms with Crippen LogP contribution in [-0.2, 0) is 0 Å². The lowest BCUT2D eigenvalue weighted by molar-refractivity contribution is 0.102. The van der Waals surface area contributed by atoms with Crippen molar-refractivity contribution in [2.75, 3.05) is 5.32 Å². The van der Waals surface area contributed by atoms with E-state index in [1.54, 1.807) is 34.3 Å². The molecule has 10 heteroatoms. The minimum Gasteiger partial charge on any atom is -0.296 e. The number of hydrogen-bond acceptors (Lipinski definition) is 6. The van der Waals surface area contributed by atoms with Gasteiger partial charge in [-0.2, -0.15) is 16.4 Å². The standard InChI is InChI=1S/C19H13Cl2N5OS2/c20-12-3-4-15(14(21)7-12)26-16(10-1-2-10)13(8-22-26)17(27)23-19-25-24-18(29-19)11-5-6-28-9-11/h3-10H,1-2H2,(H,23,25,27). The first kappa shape index (κ1) is 18.7. The molecule has 1 fully saturated rings. The van der Waals surface area contributed by atoms with Crippen LogP contribution in [0, 0.1) is 0 Å². The van der Waals surface area contributed by atoms with Gasteiger partial charge in [-0.15, -0.1) is 10.2 Å². The largest absolute Gasteiger partial charge is 0.296 e. The monoisotopic (exact) mass is 461 g/mol. The first-order valence-electron chi connectivity index (χ1n) is 8.81. The molecule has 1 aliphatic carbocycles. The average Bonchev–Trinajstić information content (AvgIpc) is 3.12. The quantitative estimate of drug-likeness (QED) is 0.402. The van der Waals surface area contributed by atoms with Crippen LogP contribution in [0.15, 0.2) is 41.2 Å². The van der Waals surface area contributed by atoms with Crippen LogP contribution >= 0.6 is 45.9 Å². The zero-order valence-electron chi connectivity index (χ0n) is 14.8. The van der Waals surface area contributed by atoms with Crippen molar-refractivity contribution in [3.63, 3.8) is 0 Å². The van der Waals surface area contributed by atoms with Crippen LogP contribution in [0.1, 0.15) is 34.8 Å². The number of carbonyl (C=O) groups excluding carboxylic acids is 1. The van der Waals surface area contributed by atoms with Crippen LogP contribution in [0.2, 0.25) is 10.0 Å². The fourth-order valence-electron chi connectivity index (χ4n) is 3.07. The fraction of sp³-hybridized carbons (Fsp3) is 0.158. The third-order valence-electron chi connectivity index (χ3n) is 4.57. The van der Waals surface area contributed by atoms with Gasteiger partial charge < -0.3 is 0 Å². The molecular formula is C19H13Cl2N5OS2. The van der Waals surface area contributed by atoms with E-state index < -0.39 is 0 Å². The Labute approximate surface area is 184 Å². The molecule has 0 spiro atoms. The molecule has 29 heavy (non-hydrogen) atoms. The Kier molecular flexibility index (Phi) is 4.87. The van der Waals surface area contributed by atoms with E-state index >= 15 is 0 Å². The Morgan fingerprint density at radius 2 is 2.07 bits per heavy atom. The van der Waals surface area contributed by atoms with E-state index in [0.717, 1.165) is 29.1 Å². The van der Waals surface area contributed by atoms with Crippen LogP contribution in [-0.4, -0.2) is 25.9 Å². The van der Waals surface area contributed by atoms with Crippen molar-refractivity contribution in [2.24, 2.45) is 0 Å². The van der Waals surface area contributed by atoms with Crippen LogP contribution in [0.25, 0.3) is 16.3 Å². The zero-order valence-corrected chi connectivity index (χ0v) is 17.9. The number of thiophene rings is 1. The number of nitrogens with zero attached hydrogens (tertiary/aromatic N) is 4. The maximum absolute atomic E-state index is 13.0. The highest BCUT2D eigenvalue weighted by Crippen LogP contribution is 2.43. The van der Waals surface area contributed by atoms with Gasteiger partial charge in [0.2, 0.25) is 5.13 Å². The van der Waals surface area contributed by atoms with Crippen LogP contribution in [0.4, 0.5) is 5.13 Å². The predicted octanol–water partition coefficient (Wildman–Crippen LogP) is 5.89. The Morgan fingerprint density at radius 1 is 1.21 bits per heavy atom. The van der Waals surface area contributed by atoms with Gasteiger partial charge in [0.1, 0.15) is 5.01 Å². The highest BCUT2D eigenvalue weighted by atomic mass is 35.5. The third-order valence-corrected chi connectivity index (χ3v) is 6.68. The summed E-state index contributed by atoms with van der Waals surface area (Å²) < 4.78 is 1.74. The lowest BCUT2D eigenvalue weighted by Gasteiger charge is -2.10. The molecule has 4 aromatic rings. The number of anilines is 1. The van der Waals surface area contributed by atoms with Crippen molar-refractivity contribution >= 4 is 56.9 Å². The molecular weight excluding hydrogens is 449 g/mol. The molecule has 5 rings (SSSR count). The van der Waals surface area contributed by atoms with Gasteiger partial charge in [0.05, 0.1) is 28.2 Å². The molecule has 1 N–H and O–H groups in total. The number of carbonyl (C=O) groups is 1. The van der Waals surface area contributed by atoms with E-state index in [1.165, 1.54) is 11.3 Å². The van der Waals surface area contributed by atoms with Gasteiger partial charge in [0.15, 0.2) is 0 Å². The number of aromatic nitrogens is 4. The zero-order chi connectivity index (χ0) is 20.0. The van der Waals surface area contributed by atoms with Crippen LogP contribution < -0.4 is 5.32 Å². The second-order valence-electron chi connectivity index (χ2n) is 6.60. The Balaban J connectivity index is 1.45. The van der Waals surface area contributed by atoms with Gasteiger partial charge in [-0.1, -0.05) is 34.5 Å². The number of hydrogen-bond donors (Lipinski definition) is 1. The number of benzene rings is 1. The highest BCUT2D eigenvalue weighted by molar-refractivity contribution is 7.19. The minimum atomic E-state index is -0.253. The Hall–Kier alpha value is -2.26. The van der Waals surface area contributed by atoms with Gasteiger partial charge in [-0.25, -0.2) is 4.68 Å². The first-order chi connectivity index (χ1) is 14.1. The van der Waals surface area contributed by atoms with E-state index in [9.17, 15) is 4.79 Å². The SMILES string of the molecule is O=C(Nc1nnc(-c2ccsc2)s1)c1cnn(-c2ccc(Cl)cc2Cl)c1C1CC1. The van der Waals surface area contributed by atoms with E-state index in [4.69, 9.17) is 23.2 Å². The molecule has 1 amide bonds. The molecule has 3 aromatic heterocycles. The smallest absolute Gasteiger partial charge is 0.260 e. The molecule has 0 bridgehead atoms. The lowest BCUT2D eigenvalue weighted by atomic mass is 10.1. The van der Waals surface area contributed by atoms with Gasteiger partial charge in [-0.05, 0) is 42.5 Å². The topological polar surface area (TPSA) is 72.7 Å². The number of halogens is 2. The molecule has 1 aromatic carbocycles. The first-order valence-corrected chi connectivity index (χ1v) is 11.3. The fourth-order valence-corrected chi connectivity index (χ4v) is 5.01. The Morgan fingerprint density at radius 3 is 2.79 bits per heavy atom. The average molecular weight is 462 g/mol. The van der Waals surface area contributed by atoms with Crippen LogP contribution in [0.3, 0.4) is 0 Å². The van der Waals surface area contributed by atoms with Crippen LogP contribution in [0.5, 0.6) is 0 Å². The summed E-state index contributed by atoms with van der Waals surface area (Å²) in [6, 6.07) is 7.21. The minimum absolute atomic E-state index is 0.253. The summed E-state index contributed by atoms with van der Waals surface area (Å²) in [4.78, 5) is 13.0. The maximum atomic E-state index is 13.0. The summed E-state index contributed by atoms with van der Waals surface area (Å²) in [5.74, 6) is 0.0250. The van der Waals surface area contributed by atoms with Crippen molar-refractivity contribution in [1.82, 2.24) is 20.0 Å². The molecule has 3 heterocycles. The summed E-state index contributed by atoms with van der Waals surface area (Å²) in [7, 11) is 0. The van der Waals surface area contributed by atoms with Crippen molar-refractivity contribution in [3.05, 3.63) is 62.5 Å². The molecule has 146 valence electrons. The van der Waals surface area contributed by atoms with Crippen molar-refractivity contribution < 1.29 is 4.79 Å². The van der Waals surface area contributed by atoms with Gasteiger partial charge in [0.25, 0.3) is 5.91 Å². The lowest BCUT2D eigenvalue weighted by Crippen LogP contribution is -2.14. The molecule has 0 aliphatic heterocycles. The molecule has 1 aliphatic rings. The molecule has 0 radical (unpaired) electrons. The van der Waals surface area contributed by atoms with E-state index in [1.807, 2.05) is 22.9 Å². The second kappa shape index (κ2) is 7.53. The number of amides is 1. The summed E-state index contributed by atoms with van der Waals surface area (Å²) in [5, 5.41) is 21.8. The van der Waals surface area contributed by atoms with Gasteiger partial charge >= 0.3 is 0 Å². The molecule has 1 saturated carbocycles. The van der Waals surface area contributed by atoms with Crippen molar-refractivity contribution in [3.8, 4) is 16.3 Å². The molecule has 6 nitrogen and oxygen atoms in total. The normalized spacial score (nSPS) is 13.6. The van der Waals surface area contributed by atoms with Crippen molar-refractivity contribution in [2.45, 2.75) is 18.8 Å². The summed E-state index contributed by atoms with van der Waals surface area (Å²) in [5.41, 5.74) is 3.07. The molecule has 0 atom stereocenters. The number of rotatable bonds is 5. The van der Waals surface area contributed by atoms with Gasteiger partial charge in [-0.3, -0.25) is 10.1 Å². The summed E-state index contributed by atoms with van der Waals surface area (Å²) >= 11 is 15.3. The molecule has 0 saturated heterocycles.